The van der Waals surface area contributed by atoms with Gasteiger partial charge in [0.15, 0.2) is 0 Å². The van der Waals surface area contributed by atoms with Gasteiger partial charge < -0.3 is 10.8 Å². The van der Waals surface area contributed by atoms with Gasteiger partial charge in [-0.1, -0.05) is 6.58 Å². The Balaban J connectivity index is 2.49. The Morgan fingerprint density at radius 3 is 2.52 bits per heavy atom. The van der Waals surface area contributed by atoms with Crippen LogP contribution in [0.4, 0.5) is 13.2 Å². The van der Waals surface area contributed by atoms with E-state index in [1.54, 1.807) is 0 Å². The Morgan fingerprint density at radius 1 is 1.22 bits per heavy atom. The second-order valence-electron chi connectivity index (χ2n) is 5.64. The fraction of sp³-hybridized carbons (Fsp3) is 0.0556. The van der Waals surface area contributed by atoms with Crippen molar-refractivity contribution in [3.05, 3.63) is 76.0 Å². The predicted octanol–water partition coefficient (Wildman–Crippen LogP) is 2.47. The van der Waals surface area contributed by atoms with Crippen molar-refractivity contribution in [2.75, 3.05) is 6.54 Å². The number of hydrogen-bond donors (Lipinski definition) is 2. The maximum Gasteiger partial charge on any atom is 0.341 e. The van der Waals surface area contributed by atoms with Gasteiger partial charge in [0.05, 0.1) is 11.1 Å². The highest BCUT2D eigenvalue weighted by Gasteiger charge is 2.21. The zero-order valence-electron chi connectivity index (χ0n) is 13.7. The van der Waals surface area contributed by atoms with Crippen LogP contribution in [0.3, 0.4) is 0 Å². The summed E-state index contributed by atoms with van der Waals surface area (Å²) in [5.74, 6) is -4.39. The fourth-order valence-corrected chi connectivity index (χ4v) is 2.58. The molecule has 0 bridgehead atoms. The molecule has 0 unspecified atom stereocenters. The summed E-state index contributed by atoms with van der Waals surface area (Å²) in [6, 6.07) is 3.38. The molecule has 2 aromatic heterocycles. The van der Waals surface area contributed by atoms with Crippen LogP contribution >= 0.6 is 0 Å². The smallest absolute Gasteiger partial charge is 0.341 e. The SMILES string of the molecule is C=C(CN)c1nc2c(cc1F)c(=O)c(C(=O)O)cn2-c1ccc(F)cc1F. The maximum absolute atomic E-state index is 14.3. The van der Waals surface area contributed by atoms with Crippen LogP contribution in [0.1, 0.15) is 16.1 Å². The first-order chi connectivity index (χ1) is 12.7. The summed E-state index contributed by atoms with van der Waals surface area (Å²) in [5.41, 5.74) is 3.11. The Morgan fingerprint density at radius 2 is 1.93 bits per heavy atom. The molecular formula is C18H12F3N3O3. The van der Waals surface area contributed by atoms with Gasteiger partial charge in [-0.15, -0.1) is 0 Å². The molecule has 0 fully saturated rings. The highest BCUT2D eigenvalue weighted by atomic mass is 19.1. The molecule has 0 radical (unpaired) electrons. The highest BCUT2D eigenvalue weighted by molar-refractivity contribution is 5.92. The average molecular weight is 375 g/mol. The minimum absolute atomic E-state index is 0.121. The molecule has 27 heavy (non-hydrogen) atoms. The van der Waals surface area contributed by atoms with Crippen LogP contribution in [-0.4, -0.2) is 27.2 Å². The van der Waals surface area contributed by atoms with E-state index < -0.39 is 34.4 Å². The number of aromatic nitrogens is 2. The summed E-state index contributed by atoms with van der Waals surface area (Å²) in [6.45, 7) is 3.45. The van der Waals surface area contributed by atoms with Gasteiger partial charge in [-0.2, -0.15) is 0 Å². The van der Waals surface area contributed by atoms with Crippen molar-refractivity contribution in [3.8, 4) is 5.69 Å². The monoisotopic (exact) mass is 375 g/mol. The number of carboxylic acid groups (broad SMARTS) is 1. The van der Waals surface area contributed by atoms with Crippen LogP contribution in [0, 0.1) is 17.5 Å². The molecule has 0 spiro atoms. The van der Waals surface area contributed by atoms with Crippen molar-refractivity contribution in [1.29, 1.82) is 0 Å². The zero-order valence-corrected chi connectivity index (χ0v) is 13.7. The summed E-state index contributed by atoms with van der Waals surface area (Å²) >= 11 is 0. The van der Waals surface area contributed by atoms with Crippen molar-refractivity contribution in [2.24, 2.45) is 5.73 Å². The van der Waals surface area contributed by atoms with E-state index in [4.69, 9.17) is 5.73 Å². The fourth-order valence-electron chi connectivity index (χ4n) is 2.58. The standard InChI is InChI=1S/C18H12F3N3O3/c1-8(6-22)15-13(21)5-10-16(25)11(18(26)27)7-24(17(10)23-15)14-3-2-9(19)4-12(14)20/h2-5,7H,1,6,22H2,(H,26,27). The van der Waals surface area contributed by atoms with Gasteiger partial charge in [0.25, 0.3) is 0 Å². The van der Waals surface area contributed by atoms with Crippen LogP contribution in [0.2, 0.25) is 0 Å². The number of halogens is 3. The first kappa shape index (κ1) is 18.3. The van der Waals surface area contributed by atoms with Crippen molar-refractivity contribution >= 4 is 22.6 Å². The second-order valence-corrected chi connectivity index (χ2v) is 5.64. The maximum atomic E-state index is 14.3. The van der Waals surface area contributed by atoms with Crippen molar-refractivity contribution in [3.63, 3.8) is 0 Å². The van der Waals surface area contributed by atoms with Crippen LogP contribution in [0.5, 0.6) is 0 Å². The first-order valence-corrected chi connectivity index (χ1v) is 7.57. The molecule has 0 aliphatic carbocycles. The van der Waals surface area contributed by atoms with E-state index in [2.05, 4.69) is 11.6 Å². The average Bonchev–Trinajstić information content (AvgIpc) is 2.61. The molecule has 6 nitrogen and oxygen atoms in total. The molecule has 138 valence electrons. The van der Waals surface area contributed by atoms with Crippen LogP contribution in [0.15, 0.2) is 41.8 Å². The lowest BCUT2D eigenvalue weighted by molar-refractivity contribution is 0.0695. The Kier molecular flexibility index (Phi) is 4.54. The first-order valence-electron chi connectivity index (χ1n) is 7.57. The van der Waals surface area contributed by atoms with E-state index in [1.165, 1.54) is 0 Å². The van der Waals surface area contributed by atoms with E-state index in [0.717, 1.165) is 29.0 Å². The molecule has 3 aromatic rings. The number of nitrogens with zero attached hydrogens (tertiary/aromatic N) is 2. The number of rotatable bonds is 4. The zero-order chi connectivity index (χ0) is 19.9. The molecule has 0 aliphatic heterocycles. The number of hydrogen-bond acceptors (Lipinski definition) is 4. The summed E-state index contributed by atoms with van der Waals surface area (Å²) in [7, 11) is 0. The molecule has 2 heterocycles. The lowest BCUT2D eigenvalue weighted by Crippen LogP contribution is -2.20. The molecule has 0 atom stereocenters. The van der Waals surface area contributed by atoms with Gasteiger partial charge in [-0.3, -0.25) is 9.36 Å². The predicted molar refractivity (Wildman–Crippen MR) is 92.3 cm³/mol. The molecule has 0 amide bonds. The Hall–Kier alpha value is -3.46. The third-order valence-electron chi connectivity index (χ3n) is 3.91. The van der Waals surface area contributed by atoms with E-state index >= 15 is 0 Å². The van der Waals surface area contributed by atoms with Gasteiger partial charge in [0.1, 0.15) is 34.4 Å². The van der Waals surface area contributed by atoms with Crippen molar-refractivity contribution in [1.82, 2.24) is 9.55 Å². The largest absolute Gasteiger partial charge is 0.477 e. The topological polar surface area (TPSA) is 98.2 Å². The van der Waals surface area contributed by atoms with E-state index in [0.29, 0.717) is 6.07 Å². The van der Waals surface area contributed by atoms with Crippen LogP contribution in [-0.2, 0) is 0 Å². The summed E-state index contributed by atoms with van der Waals surface area (Å²) < 4.78 is 42.8. The summed E-state index contributed by atoms with van der Waals surface area (Å²) in [4.78, 5) is 27.8. The molecule has 0 aliphatic rings. The lowest BCUT2D eigenvalue weighted by atomic mass is 10.1. The molecule has 3 N–H and O–H groups in total. The lowest BCUT2D eigenvalue weighted by Gasteiger charge is -2.14. The number of nitrogens with two attached hydrogens (primary N) is 1. The van der Waals surface area contributed by atoms with E-state index in [1.807, 2.05) is 0 Å². The van der Waals surface area contributed by atoms with E-state index in [-0.39, 0.29) is 34.5 Å². The number of fused-ring (bicyclic) bond motifs is 1. The van der Waals surface area contributed by atoms with Crippen molar-refractivity contribution < 1.29 is 23.1 Å². The third-order valence-corrected chi connectivity index (χ3v) is 3.91. The molecule has 3 rings (SSSR count). The van der Waals surface area contributed by atoms with Gasteiger partial charge in [0.2, 0.25) is 5.43 Å². The quantitative estimate of drug-likeness (QED) is 0.730. The number of pyridine rings is 2. The Bertz CT molecular complexity index is 1170. The summed E-state index contributed by atoms with van der Waals surface area (Å²) in [5, 5.41) is 8.86. The third kappa shape index (κ3) is 3.08. The highest BCUT2D eigenvalue weighted by Crippen LogP contribution is 2.23. The van der Waals surface area contributed by atoms with Gasteiger partial charge in [0, 0.05) is 18.8 Å². The van der Waals surface area contributed by atoms with Crippen LogP contribution < -0.4 is 11.2 Å². The second kappa shape index (κ2) is 6.69. The molecular weight excluding hydrogens is 363 g/mol. The van der Waals surface area contributed by atoms with Crippen LogP contribution in [0.25, 0.3) is 22.3 Å². The number of aromatic carboxylic acids is 1. The summed E-state index contributed by atoms with van der Waals surface area (Å²) in [6.07, 6.45) is 0.850. The van der Waals surface area contributed by atoms with Crippen molar-refractivity contribution in [2.45, 2.75) is 0 Å². The van der Waals surface area contributed by atoms with Gasteiger partial charge in [-0.05, 0) is 23.8 Å². The number of carboxylic acids is 1. The molecule has 1 aromatic carbocycles. The molecule has 0 saturated heterocycles. The number of benzene rings is 1. The minimum Gasteiger partial charge on any atom is -0.477 e. The van der Waals surface area contributed by atoms with Gasteiger partial charge >= 0.3 is 5.97 Å². The molecule has 9 heteroatoms. The Labute approximate surface area is 150 Å². The van der Waals surface area contributed by atoms with E-state index in [9.17, 15) is 27.9 Å². The minimum atomic E-state index is -1.59. The number of carbonyl (C=O) groups is 1. The molecule has 0 saturated carbocycles. The normalized spacial score (nSPS) is 11.0. The van der Waals surface area contributed by atoms with Gasteiger partial charge in [-0.25, -0.2) is 22.9 Å².